The van der Waals surface area contributed by atoms with Gasteiger partial charge < -0.3 is 5.73 Å². The molecule has 1 saturated carbocycles. The normalized spacial score (nSPS) is 25.4. The number of hydrogen-bond donors (Lipinski definition) is 1. The van der Waals surface area contributed by atoms with E-state index in [2.05, 4.69) is 6.92 Å². The molecule has 0 aromatic carbocycles. The van der Waals surface area contributed by atoms with Crippen LogP contribution in [0.5, 0.6) is 0 Å². The molecule has 78 valence electrons. The van der Waals surface area contributed by atoms with Crippen LogP contribution in [-0.2, 0) is 0 Å². The molecule has 0 heterocycles. The van der Waals surface area contributed by atoms with E-state index in [1.165, 1.54) is 57.8 Å². The van der Waals surface area contributed by atoms with Gasteiger partial charge in [-0.25, -0.2) is 0 Å². The standard InChI is InChI=1S/C12H25N/c1-12(11-13)9-7-5-3-2-4-6-8-10-12/h2-11,13H2,1H3. The molecule has 0 bridgehead atoms. The Morgan fingerprint density at radius 2 is 1.23 bits per heavy atom. The lowest BCUT2D eigenvalue weighted by atomic mass is 9.79. The topological polar surface area (TPSA) is 26.0 Å². The molecule has 1 heteroatoms. The van der Waals surface area contributed by atoms with Crippen molar-refractivity contribution in [2.45, 2.75) is 64.7 Å². The van der Waals surface area contributed by atoms with E-state index in [1.54, 1.807) is 0 Å². The third-order valence-electron chi connectivity index (χ3n) is 3.55. The molecule has 0 saturated heterocycles. The molecule has 0 unspecified atom stereocenters. The Bertz CT molecular complexity index is 121. The fraction of sp³-hybridized carbons (Fsp3) is 1.00. The van der Waals surface area contributed by atoms with E-state index < -0.39 is 0 Å². The number of rotatable bonds is 1. The Hall–Kier alpha value is -0.0400. The van der Waals surface area contributed by atoms with Gasteiger partial charge >= 0.3 is 0 Å². The first-order chi connectivity index (χ1) is 6.27. The third kappa shape index (κ3) is 4.12. The predicted octanol–water partition coefficient (Wildman–Crippen LogP) is 3.48. The lowest BCUT2D eigenvalue weighted by Gasteiger charge is -2.28. The number of hydrogen-bond acceptors (Lipinski definition) is 1. The largest absolute Gasteiger partial charge is 0.330 e. The van der Waals surface area contributed by atoms with Gasteiger partial charge in [-0.05, 0) is 24.8 Å². The molecule has 1 rings (SSSR count). The summed E-state index contributed by atoms with van der Waals surface area (Å²) in [6.45, 7) is 3.25. The van der Waals surface area contributed by atoms with E-state index >= 15 is 0 Å². The summed E-state index contributed by atoms with van der Waals surface area (Å²) in [6.07, 6.45) is 12.7. The Balaban J connectivity index is 2.34. The molecule has 0 amide bonds. The first kappa shape index (κ1) is 11.0. The van der Waals surface area contributed by atoms with Crippen molar-refractivity contribution in [1.29, 1.82) is 0 Å². The van der Waals surface area contributed by atoms with E-state index in [0.717, 1.165) is 6.54 Å². The van der Waals surface area contributed by atoms with E-state index in [9.17, 15) is 0 Å². The minimum absolute atomic E-state index is 0.456. The van der Waals surface area contributed by atoms with E-state index in [0.29, 0.717) is 5.41 Å². The minimum atomic E-state index is 0.456. The molecule has 0 atom stereocenters. The van der Waals surface area contributed by atoms with Gasteiger partial charge in [-0.3, -0.25) is 0 Å². The quantitative estimate of drug-likeness (QED) is 0.662. The predicted molar refractivity (Wildman–Crippen MR) is 58.7 cm³/mol. The molecule has 0 spiro atoms. The van der Waals surface area contributed by atoms with Gasteiger partial charge in [-0.15, -0.1) is 0 Å². The highest BCUT2D eigenvalue weighted by atomic mass is 14.6. The molecular formula is C12H25N. The van der Waals surface area contributed by atoms with Crippen LogP contribution in [0.25, 0.3) is 0 Å². The molecule has 2 N–H and O–H groups in total. The van der Waals surface area contributed by atoms with Crippen molar-refractivity contribution in [3.8, 4) is 0 Å². The summed E-state index contributed by atoms with van der Waals surface area (Å²) in [7, 11) is 0. The van der Waals surface area contributed by atoms with Crippen LogP contribution in [0.1, 0.15) is 64.7 Å². The van der Waals surface area contributed by atoms with Crippen LogP contribution in [0.4, 0.5) is 0 Å². The molecule has 1 aliphatic rings. The highest BCUT2D eigenvalue weighted by molar-refractivity contribution is 4.75. The van der Waals surface area contributed by atoms with Gasteiger partial charge in [0, 0.05) is 0 Å². The van der Waals surface area contributed by atoms with Gasteiger partial charge in [0.15, 0.2) is 0 Å². The smallest absolute Gasteiger partial charge is 0.00232 e. The Labute approximate surface area is 83.1 Å². The zero-order valence-corrected chi connectivity index (χ0v) is 9.15. The van der Waals surface area contributed by atoms with Crippen molar-refractivity contribution < 1.29 is 0 Å². The summed E-state index contributed by atoms with van der Waals surface area (Å²) >= 11 is 0. The van der Waals surface area contributed by atoms with Crippen LogP contribution >= 0.6 is 0 Å². The van der Waals surface area contributed by atoms with Crippen LogP contribution in [0, 0.1) is 5.41 Å². The fourth-order valence-corrected chi connectivity index (χ4v) is 2.32. The third-order valence-corrected chi connectivity index (χ3v) is 3.55. The summed E-state index contributed by atoms with van der Waals surface area (Å²) < 4.78 is 0. The van der Waals surface area contributed by atoms with E-state index in [-0.39, 0.29) is 0 Å². The lowest BCUT2D eigenvalue weighted by Crippen LogP contribution is -2.27. The van der Waals surface area contributed by atoms with Crippen molar-refractivity contribution in [1.82, 2.24) is 0 Å². The monoisotopic (exact) mass is 183 g/mol. The summed E-state index contributed by atoms with van der Waals surface area (Å²) in [5, 5.41) is 0. The van der Waals surface area contributed by atoms with Crippen molar-refractivity contribution in [3.05, 3.63) is 0 Å². The molecule has 1 aliphatic carbocycles. The zero-order chi connectivity index (χ0) is 9.57. The Morgan fingerprint density at radius 1 is 0.846 bits per heavy atom. The summed E-state index contributed by atoms with van der Waals surface area (Å²) in [4.78, 5) is 0. The van der Waals surface area contributed by atoms with Crippen LogP contribution in [0.15, 0.2) is 0 Å². The van der Waals surface area contributed by atoms with Crippen molar-refractivity contribution in [2.75, 3.05) is 6.54 Å². The van der Waals surface area contributed by atoms with Gasteiger partial charge in [-0.2, -0.15) is 0 Å². The second-order valence-corrected chi connectivity index (χ2v) is 4.99. The summed E-state index contributed by atoms with van der Waals surface area (Å²) in [5.74, 6) is 0. The molecule has 13 heavy (non-hydrogen) atoms. The fourth-order valence-electron chi connectivity index (χ4n) is 2.32. The van der Waals surface area contributed by atoms with Gasteiger partial charge in [0.1, 0.15) is 0 Å². The Kier molecular flexibility index (Phi) is 4.79. The molecule has 1 nitrogen and oxygen atoms in total. The van der Waals surface area contributed by atoms with Crippen LogP contribution in [-0.4, -0.2) is 6.54 Å². The van der Waals surface area contributed by atoms with Crippen LogP contribution in [0.2, 0.25) is 0 Å². The van der Waals surface area contributed by atoms with Crippen LogP contribution in [0.3, 0.4) is 0 Å². The summed E-state index contributed by atoms with van der Waals surface area (Å²) in [5.41, 5.74) is 6.30. The molecule has 0 aromatic rings. The van der Waals surface area contributed by atoms with Crippen molar-refractivity contribution >= 4 is 0 Å². The molecule has 0 aliphatic heterocycles. The van der Waals surface area contributed by atoms with Gasteiger partial charge in [0.05, 0.1) is 0 Å². The minimum Gasteiger partial charge on any atom is -0.330 e. The van der Waals surface area contributed by atoms with Gasteiger partial charge in [0.2, 0.25) is 0 Å². The average molecular weight is 183 g/mol. The lowest BCUT2D eigenvalue weighted by molar-refractivity contribution is 0.255. The maximum absolute atomic E-state index is 5.85. The molecule has 0 aromatic heterocycles. The zero-order valence-electron chi connectivity index (χ0n) is 9.15. The number of nitrogens with two attached hydrogens (primary N) is 1. The van der Waals surface area contributed by atoms with Gasteiger partial charge in [-0.1, -0.05) is 51.9 Å². The van der Waals surface area contributed by atoms with E-state index in [1.807, 2.05) is 0 Å². The highest BCUT2D eigenvalue weighted by Gasteiger charge is 2.21. The maximum atomic E-state index is 5.85. The molecule has 1 fully saturated rings. The maximum Gasteiger partial charge on any atom is -0.00232 e. The first-order valence-electron chi connectivity index (χ1n) is 5.97. The molecular weight excluding hydrogens is 158 g/mol. The molecule has 0 radical (unpaired) electrons. The first-order valence-corrected chi connectivity index (χ1v) is 5.97. The average Bonchev–Trinajstić information content (AvgIpc) is 2.16. The van der Waals surface area contributed by atoms with Gasteiger partial charge in [0.25, 0.3) is 0 Å². The second kappa shape index (κ2) is 5.64. The highest BCUT2D eigenvalue weighted by Crippen LogP contribution is 2.31. The Morgan fingerprint density at radius 3 is 1.62 bits per heavy atom. The van der Waals surface area contributed by atoms with Crippen molar-refractivity contribution in [2.24, 2.45) is 11.1 Å². The summed E-state index contributed by atoms with van der Waals surface area (Å²) in [6, 6.07) is 0. The van der Waals surface area contributed by atoms with Crippen molar-refractivity contribution in [3.63, 3.8) is 0 Å². The second-order valence-electron chi connectivity index (χ2n) is 4.99. The van der Waals surface area contributed by atoms with E-state index in [4.69, 9.17) is 5.73 Å². The van der Waals surface area contributed by atoms with Crippen LogP contribution < -0.4 is 5.73 Å². The SMILES string of the molecule is CC1(CN)CCCCCCCCC1.